The van der Waals surface area contributed by atoms with Crippen LogP contribution in [0.2, 0.25) is 0 Å². The van der Waals surface area contributed by atoms with Crippen molar-refractivity contribution in [1.82, 2.24) is 15.0 Å². The summed E-state index contributed by atoms with van der Waals surface area (Å²) in [5.74, 6) is 0. The standard InChI is InChI=1S/C10H9N3.C2H6/c1-8-6-12-7-10(13-8)9-2-4-11-5-3-9;1-2/h2-7H,1H3;1-2H3. The van der Waals surface area contributed by atoms with E-state index in [2.05, 4.69) is 15.0 Å². The Kier molecular flexibility index (Phi) is 4.41. The van der Waals surface area contributed by atoms with Gasteiger partial charge in [0.05, 0.1) is 17.6 Å². The zero-order valence-corrected chi connectivity index (χ0v) is 9.31. The summed E-state index contributed by atoms with van der Waals surface area (Å²) in [7, 11) is 0. The van der Waals surface area contributed by atoms with Gasteiger partial charge in [-0.2, -0.15) is 0 Å². The van der Waals surface area contributed by atoms with Gasteiger partial charge in [0.2, 0.25) is 0 Å². The fraction of sp³-hybridized carbons (Fsp3) is 0.250. The molecule has 3 nitrogen and oxygen atoms in total. The zero-order chi connectivity index (χ0) is 11.1. The van der Waals surface area contributed by atoms with Crippen LogP contribution in [-0.2, 0) is 0 Å². The van der Waals surface area contributed by atoms with Gasteiger partial charge in [0, 0.05) is 24.2 Å². The molecular formula is C12H15N3. The SMILES string of the molecule is CC.Cc1cncc(-c2ccncc2)n1. The summed E-state index contributed by atoms with van der Waals surface area (Å²) < 4.78 is 0. The normalized spacial score (nSPS) is 9.00. The van der Waals surface area contributed by atoms with Gasteiger partial charge in [-0.1, -0.05) is 13.8 Å². The lowest BCUT2D eigenvalue weighted by Crippen LogP contribution is -1.88. The van der Waals surface area contributed by atoms with Gasteiger partial charge in [-0.05, 0) is 19.1 Å². The second kappa shape index (κ2) is 5.86. The average Bonchev–Trinajstić information content (AvgIpc) is 2.33. The Balaban J connectivity index is 0.000000531. The van der Waals surface area contributed by atoms with Crippen LogP contribution in [0.3, 0.4) is 0 Å². The molecule has 2 aromatic rings. The molecule has 0 bridgehead atoms. The van der Waals surface area contributed by atoms with Crippen LogP contribution in [0.25, 0.3) is 11.3 Å². The van der Waals surface area contributed by atoms with E-state index in [9.17, 15) is 0 Å². The Labute approximate surface area is 90.2 Å². The van der Waals surface area contributed by atoms with E-state index < -0.39 is 0 Å². The lowest BCUT2D eigenvalue weighted by atomic mass is 10.2. The van der Waals surface area contributed by atoms with Gasteiger partial charge in [0.25, 0.3) is 0 Å². The molecule has 2 aromatic heterocycles. The van der Waals surface area contributed by atoms with E-state index in [1.54, 1.807) is 24.8 Å². The van der Waals surface area contributed by atoms with Crippen LogP contribution in [-0.4, -0.2) is 15.0 Å². The molecule has 15 heavy (non-hydrogen) atoms. The Morgan fingerprint density at radius 3 is 2.20 bits per heavy atom. The summed E-state index contributed by atoms with van der Waals surface area (Å²) in [5, 5.41) is 0. The highest BCUT2D eigenvalue weighted by Crippen LogP contribution is 2.13. The van der Waals surface area contributed by atoms with Gasteiger partial charge in [-0.25, -0.2) is 4.98 Å². The molecule has 0 saturated heterocycles. The minimum Gasteiger partial charge on any atom is -0.265 e. The van der Waals surface area contributed by atoms with Gasteiger partial charge in [-0.3, -0.25) is 9.97 Å². The predicted molar refractivity (Wildman–Crippen MR) is 61.3 cm³/mol. The largest absolute Gasteiger partial charge is 0.265 e. The van der Waals surface area contributed by atoms with Crippen LogP contribution in [0.15, 0.2) is 36.9 Å². The molecule has 0 atom stereocenters. The van der Waals surface area contributed by atoms with Crippen LogP contribution in [0.5, 0.6) is 0 Å². The van der Waals surface area contributed by atoms with Crippen molar-refractivity contribution < 1.29 is 0 Å². The van der Waals surface area contributed by atoms with Crippen molar-refractivity contribution in [2.45, 2.75) is 20.8 Å². The molecule has 78 valence electrons. The monoisotopic (exact) mass is 201 g/mol. The molecule has 0 aliphatic heterocycles. The molecule has 2 heterocycles. The minimum atomic E-state index is 0.891. The summed E-state index contributed by atoms with van der Waals surface area (Å²) >= 11 is 0. The second-order valence-corrected chi connectivity index (χ2v) is 2.78. The molecule has 3 heteroatoms. The zero-order valence-electron chi connectivity index (χ0n) is 9.31. The van der Waals surface area contributed by atoms with Crippen molar-refractivity contribution >= 4 is 0 Å². The molecule has 0 unspecified atom stereocenters. The molecule has 0 fully saturated rings. The molecule has 0 saturated carbocycles. The van der Waals surface area contributed by atoms with E-state index in [0.717, 1.165) is 17.0 Å². The topological polar surface area (TPSA) is 38.7 Å². The minimum absolute atomic E-state index is 0.891. The van der Waals surface area contributed by atoms with Gasteiger partial charge >= 0.3 is 0 Å². The molecule has 0 N–H and O–H groups in total. The third-order valence-corrected chi connectivity index (χ3v) is 1.73. The molecule has 0 aromatic carbocycles. The maximum atomic E-state index is 4.35. The first-order chi connectivity index (χ1) is 7.36. The van der Waals surface area contributed by atoms with Crippen molar-refractivity contribution in [1.29, 1.82) is 0 Å². The number of hydrogen-bond acceptors (Lipinski definition) is 3. The fourth-order valence-corrected chi connectivity index (χ4v) is 1.13. The van der Waals surface area contributed by atoms with E-state index in [1.807, 2.05) is 32.9 Å². The molecule has 0 aliphatic carbocycles. The second-order valence-electron chi connectivity index (χ2n) is 2.78. The fourth-order valence-electron chi connectivity index (χ4n) is 1.13. The third kappa shape index (κ3) is 3.13. The maximum absolute atomic E-state index is 4.35. The highest BCUT2D eigenvalue weighted by Gasteiger charge is 1.97. The first-order valence-corrected chi connectivity index (χ1v) is 5.05. The van der Waals surface area contributed by atoms with E-state index in [-0.39, 0.29) is 0 Å². The maximum Gasteiger partial charge on any atom is 0.0889 e. The van der Waals surface area contributed by atoms with Crippen LogP contribution in [0.4, 0.5) is 0 Å². The molecule has 0 spiro atoms. The Bertz CT molecular complexity index is 399. The highest BCUT2D eigenvalue weighted by atomic mass is 14.8. The Morgan fingerprint density at radius 2 is 1.60 bits per heavy atom. The van der Waals surface area contributed by atoms with Gasteiger partial charge < -0.3 is 0 Å². The summed E-state index contributed by atoms with van der Waals surface area (Å²) in [6.07, 6.45) is 6.99. The number of pyridine rings is 1. The van der Waals surface area contributed by atoms with Gasteiger partial charge in [0.1, 0.15) is 0 Å². The van der Waals surface area contributed by atoms with Crippen LogP contribution >= 0.6 is 0 Å². The first kappa shape index (κ1) is 11.3. The predicted octanol–water partition coefficient (Wildman–Crippen LogP) is 2.87. The number of rotatable bonds is 1. The van der Waals surface area contributed by atoms with E-state index in [0.29, 0.717) is 0 Å². The number of aryl methyl sites for hydroxylation is 1. The Morgan fingerprint density at radius 1 is 0.933 bits per heavy atom. The van der Waals surface area contributed by atoms with Crippen molar-refractivity contribution in [2.75, 3.05) is 0 Å². The van der Waals surface area contributed by atoms with Crippen molar-refractivity contribution in [3.63, 3.8) is 0 Å². The van der Waals surface area contributed by atoms with Crippen LogP contribution in [0, 0.1) is 6.92 Å². The molecular weight excluding hydrogens is 186 g/mol. The molecule has 0 radical (unpaired) electrons. The Hall–Kier alpha value is -1.77. The lowest BCUT2D eigenvalue weighted by molar-refractivity contribution is 1.12. The number of hydrogen-bond donors (Lipinski definition) is 0. The van der Waals surface area contributed by atoms with Crippen molar-refractivity contribution in [2.24, 2.45) is 0 Å². The molecule has 2 rings (SSSR count). The van der Waals surface area contributed by atoms with E-state index >= 15 is 0 Å². The molecule has 0 aliphatic rings. The van der Waals surface area contributed by atoms with E-state index in [4.69, 9.17) is 0 Å². The summed E-state index contributed by atoms with van der Waals surface area (Å²) in [6, 6.07) is 3.84. The number of aromatic nitrogens is 3. The highest BCUT2D eigenvalue weighted by molar-refractivity contribution is 5.56. The van der Waals surface area contributed by atoms with Crippen molar-refractivity contribution in [3.8, 4) is 11.3 Å². The third-order valence-electron chi connectivity index (χ3n) is 1.73. The van der Waals surface area contributed by atoms with Crippen LogP contribution in [0.1, 0.15) is 19.5 Å². The number of nitrogens with zero attached hydrogens (tertiary/aromatic N) is 3. The molecule has 0 amide bonds. The lowest BCUT2D eigenvalue weighted by Gasteiger charge is -1.99. The summed E-state index contributed by atoms with van der Waals surface area (Å²) in [5.41, 5.74) is 2.86. The van der Waals surface area contributed by atoms with Gasteiger partial charge in [0.15, 0.2) is 0 Å². The summed E-state index contributed by atoms with van der Waals surface area (Å²) in [4.78, 5) is 12.4. The first-order valence-electron chi connectivity index (χ1n) is 5.05. The smallest absolute Gasteiger partial charge is 0.0889 e. The van der Waals surface area contributed by atoms with E-state index in [1.165, 1.54) is 0 Å². The average molecular weight is 201 g/mol. The summed E-state index contributed by atoms with van der Waals surface area (Å²) in [6.45, 7) is 5.93. The quantitative estimate of drug-likeness (QED) is 0.712. The van der Waals surface area contributed by atoms with Crippen molar-refractivity contribution in [3.05, 3.63) is 42.6 Å². The van der Waals surface area contributed by atoms with Crippen LogP contribution < -0.4 is 0 Å². The van der Waals surface area contributed by atoms with Gasteiger partial charge in [-0.15, -0.1) is 0 Å².